The summed E-state index contributed by atoms with van der Waals surface area (Å²) in [7, 11) is 0. The van der Waals surface area contributed by atoms with Gasteiger partial charge in [0, 0.05) is 12.6 Å². The number of hydrogen-bond acceptors (Lipinski definition) is 2. The number of amides is 1. The van der Waals surface area contributed by atoms with Crippen LogP contribution in [0.2, 0.25) is 5.02 Å². The number of hydrogen-bond donors (Lipinski definition) is 2. The first-order valence-corrected chi connectivity index (χ1v) is 10.5. The van der Waals surface area contributed by atoms with Crippen LogP contribution < -0.4 is 11.0 Å². The summed E-state index contributed by atoms with van der Waals surface area (Å²) in [4.78, 5) is 27.6. The molecular weight excluding hydrogens is 431 g/mol. The highest BCUT2D eigenvalue weighted by atomic mass is 35.5. The number of carbonyl (C=O) groups is 1. The second-order valence-corrected chi connectivity index (χ2v) is 8.35. The predicted molar refractivity (Wildman–Crippen MR) is 112 cm³/mol. The second-order valence-electron chi connectivity index (χ2n) is 7.94. The van der Waals surface area contributed by atoms with Crippen LogP contribution in [-0.2, 0) is 12.7 Å². The average Bonchev–Trinajstić information content (AvgIpc) is 3.04. The van der Waals surface area contributed by atoms with Crippen molar-refractivity contribution in [3.8, 4) is 0 Å². The Kier molecular flexibility index (Phi) is 5.83. The van der Waals surface area contributed by atoms with Crippen LogP contribution in [0.25, 0.3) is 11.0 Å². The second kappa shape index (κ2) is 8.42. The smallest absolute Gasteiger partial charge is 0.349 e. The van der Waals surface area contributed by atoms with Crippen molar-refractivity contribution in [1.82, 2.24) is 14.9 Å². The molecule has 0 spiro atoms. The Balaban J connectivity index is 1.38. The van der Waals surface area contributed by atoms with Gasteiger partial charge in [-0.3, -0.25) is 9.36 Å². The summed E-state index contributed by atoms with van der Waals surface area (Å²) in [5.41, 5.74) is 0.434. The van der Waals surface area contributed by atoms with Gasteiger partial charge < -0.3 is 10.3 Å². The van der Waals surface area contributed by atoms with Crippen LogP contribution >= 0.6 is 11.6 Å². The molecule has 2 N–H and O–H groups in total. The van der Waals surface area contributed by atoms with Crippen LogP contribution in [0.4, 0.5) is 13.2 Å². The molecule has 9 heteroatoms. The Labute approximate surface area is 181 Å². The maximum absolute atomic E-state index is 12.9. The zero-order valence-corrected chi connectivity index (χ0v) is 17.3. The Morgan fingerprint density at radius 2 is 1.84 bits per heavy atom. The lowest BCUT2D eigenvalue weighted by atomic mass is 9.85. The number of alkyl halides is 3. The van der Waals surface area contributed by atoms with Crippen molar-refractivity contribution >= 4 is 28.5 Å². The number of fused-ring (bicyclic) bond motifs is 1. The molecule has 31 heavy (non-hydrogen) atoms. The molecule has 1 fully saturated rings. The number of aromatic amines is 1. The van der Waals surface area contributed by atoms with Crippen LogP contribution in [0.3, 0.4) is 0 Å². The highest BCUT2D eigenvalue weighted by molar-refractivity contribution is 6.33. The first-order chi connectivity index (χ1) is 14.7. The molecule has 5 nitrogen and oxygen atoms in total. The fourth-order valence-corrected chi connectivity index (χ4v) is 4.38. The normalized spacial score (nSPS) is 19.5. The van der Waals surface area contributed by atoms with E-state index in [1.165, 1.54) is 0 Å². The molecule has 0 radical (unpaired) electrons. The number of halogens is 4. The number of benzene rings is 2. The third-order valence-corrected chi connectivity index (χ3v) is 6.17. The van der Waals surface area contributed by atoms with Gasteiger partial charge in [0.2, 0.25) is 0 Å². The molecule has 164 valence electrons. The summed E-state index contributed by atoms with van der Waals surface area (Å²) in [6.45, 7) is 0.586. The summed E-state index contributed by atoms with van der Waals surface area (Å²) in [6, 6.07) is 10.1. The molecule has 4 rings (SSSR count). The molecular formula is C22H21ClF3N3O2. The van der Waals surface area contributed by atoms with Crippen molar-refractivity contribution in [1.29, 1.82) is 0 Å². The minimum atomic E-state index is -4.54. The van der Waals surface area contributed by atoms with Crippen molar-refractivity contribution in [2.45, 2.75) is 44.4 Å². The number of imidazole rings is 1. The molecule has 3 aromatic rings. The number of aromatic nitrogens is 2. The molecule has 0 saturated heterocycles. The molecule has 0 unspecified atom stereocenters. The maximum atomic E-state index is 12.9. The Bertz CT molecular complexity index is 1160. The van der Waals surface area contributed by atoms with Crippen molar-refractivity contribution in [3.05, 3.63) is 69.1 Å². The van der Waals surface area contributed by atoms with E-state index < -0.39 is 17.6 Å². The van der Waals surface area contributed by atoms with Crippen LogP contribution in [-0.4, -0.2) is 21.5 Å². The molecule has 1 saturated carbocycles. The number of para-hydroxylation sites is 2. The Hall–Kier alpha value is -2.74. The van der Waals surface area contributed by atoms with Crippen molar-refractivity contribution < 1.29 is 18.0 Å². The van der Waals surface area contributed by atoms with E-state index in [1.807, 2.05) is 24.3 Å². The van der Waals surface area contributed by atoms with E-state index >= 15 is 0 Å². The van der Waals surface area contributed by atoms with Gasteiger partial charge in [0.05, 0.1) is 27.2 Å². The molecule has 0 aliphatic heterocycles. The SMILES string of the molecule is O=C(NC1CCC(Cn2c(=O)[nH]c3ccccc32)CC1)c1cc(C(F)(F)F)ccc1Cl. The van der Waals surface area contributed by atoms with Gasteiger partial charge in [0.25, 0.3) is 5.91 Å². The van der Waals surface area contributed by atoms with E-state index in [0.717, 1.165) is 42.1 Å². The lowest BCUT2D eigenvalue weighted by molar-refractivity contribution is -0.137. The van der Waals surface area contributed by atoms with E-state index in [4.69, 9.17) is 11.6 Å². The fourth-order valence-electron chi connectivity index (χ4n) is 4.17. The summed E-state index contributed by atoms with van der Waals surface area (Å²) in [5.74, 6) is -0.324. The van der Waals surface area contributed by atoms with Gasteiger partial charge in [0.1, 0.15) is 0 Å². The van der Waals surface area contributed by atoms with Crippen LogP contribution in [0, 0.1) is 5.92 Å². The number of rotatable bonds is 4. The summed E-state index contributed by atoms with van der Waals surface area (Å²) in [6.07, 6.45) is -1.58. The van der Waals surface area contributed by atoms with Gasteiger partial charge in [-0.05, 0) is 61.9 Å². The third kappa shape index (κ3) is 4.63. The van der Waals surface area contributed by atoms with Gasteiger partial charge in [-0.1, -0.05) is 23.7 Å². The van der Waals surface area contributed by atoms with E-state index in [0.29, 0.717) is 19.4 Å². The highest BCUT2D eigenvalue weighted by Gasteiger charge is 2.32. The highest BCUT2D eigenvalue weighted by Crippen LogP contribution is 2.32. The average molecular weight is 452 g/mol. The summed E-state index contributed by atoms with van der Waals surface area (Å²) in [5, 5.41) is 2.79. The number of nitrogens with zero attached hydrogens (tertiary/aromatic N) is 1. The van der Waals surface area contributed by atoms with Gasteiger partial charge in [-0.25, -0.2) is 4.79 Å². The first-order valence-electron chi connectivity index (χ1n) is 10.1. The predicted octanol–water partition coefficient (Wildman–Crippen LogP) is 4.99. The zero-order chi connectivity index (χ0) is 22.2. The topological polar surface area (TPSA) is 66.9 Å². The van der Waals surface area contributed by atoms with E-state index in [1.54, 1.807) is 4.57 Å². The molecule has 1 heterocycles. The fraction of sp³-hybridized carbons (Fsp3) is 0.364. The monoisotopic (exact) mass is 451 g/mol. The van der Waals surface area contributed by atoms with E-state index in [9.17, 15) is 22.8 Å². The van der Waals surface area contributed by atoms with Gasteiger partial charge >= 0.3 is 11.9 Å². The molecule has 2 aromatic carbocycles. The third-order valence-electron chi connectivity index (χ3n) is 5.84. The minimum absolute atomic E-state index is 0.0158. The lowest BCUT2D eigenvalue weighted by Crippen LogP contribution is -2.38. The summed E-state index contributed by atoms with van der Waals surface area (Å²) >= 11 is 5.96. The molecule has 1 aromatic heterocycles. The van der Waals surface area contributed by atoms with Gasteiger partial charge in [0.15, 0.2) is 0 Å². The van der Waals surface area contributed by atoms with E-state index in [-0.39, 0.29) is 28.2 Å². The van der Waals surface area contributed by atoms with Gasteiger partial charge in [-0.2, -0.15) is 13.2 Å². The Morgan fingerprint density at radius 3 is 2.55 bits per heavy atom. The number of H-pyrrole nitrogens is 1. The summed E-state index contributed by atoms with van der Waals surface area (Å²) < 4.78 is 40.6. The number of nitrogens with one attached hydrogen (secondary N) is 2. The van der Waals surface area contributed by atoms with Crippen molar-refractivity contribution in [2.75, 3.05) is 0 Å². The van der Waals surface area contributed by atoms with Crippen molar-refractivity contribution in [3.63, 3.8) is 0 Å². The van der Waals surface area contributed by atoms with Crippen LogP contribution in [0.15, 0.2) is 47.3 Å². The molecule has 1 amide bonds. The Morgan fingerprint density at radius 1 is 1.13 bits per heavy atom. The molecule has 0 atom stereocenters. The van der Waals surface area contributed by atoms with Crippen LogP contribution in [0.1, 0.15) is 41.6 Å². The number of carbonyl (C=O) groups excluding carboxylic acids is 1. The largest absolute Gasteiger partial charge is 0.416 e. The molecule has 1 aliphatic carbocycles. The standard InChI is InChI=1S/C22H21ClF3N3O2/c23-17-10-7-14(22(24,25)26)11-16(17)20(30)27-15-8-5-13(6-9-15)12-29-19-4-2-1-3-18(19)28-21(29)31/h1-4,7,10-11,13,15H,5-6,8-9,12H2,(H,27,30)(H,28,31). The van der Waals surface area contributed by atoms with Gasteiger partial charge in [-0.15, -0.1) is 0 Å². The minimum Gasteiger partial charge on any atom is -0.349 e. The van der Waals surface area contributed by atoms with E-state index in [2.05, 4.69) is 10.3 Å². The molecule has 0 bridgehead atoms. The quantitative estimate of drug-likeness (QED) is 0.586. The first kappa shape index (κ1) is 21.5. The lowest BCUT2D eigenvalue weighted by Gasteiger charge is -2.29. The molecule has 1 aliphatic rings. The maximum Gasteiger partial charge on any atom is 0.416 e. The van der Waals surface area contributed by atoms with Crippen LogP contribution in [0.5, 0.6) is 0 Å². The zero-order valence-electron chi connectivity index (χ0n) is 16.5. The van der Waals surface area contributed by atoms with Crippen molar-refractivity contribution in [2.24, 2.45) is 5.92 Å².